The predicted octanol–water partition coefficient (Wildman–Crippen LogP) is 4.02. The van der Waals surface area contributed by atoms with Crippen LogP contribution in [0.4, 0.5) is 0 Å². The van der Waals surface area contributed by atoms with Crippen molar-refractivity contribution in [1.82, 2.24) is 4.90 Å². The van der Waals surface area contributed by atoms with E-state index >= 15 is 0 Å². The first-order valence-electron chi connectivity index (χ1n) is 8.26. The van der Waals surface area contributed by atoms with Crippen LogP contribution in [0.25, 0.3) is 0 Å². The van der Waals surface area contributed by atoms with Gasteiger partial charge < -0.3 is 10.0 Å². The molecule has 1 aliphatic carbocycles. The summed E-state index contributed by atoms with van der Waals surface area (Å²) in [5.74, 6) is -0.135. The number of carboxylic acid groups (broad SMARTS) is 1. The fourth-order valence-corrected chi connectivity index (χ4v) is 3.49. The number of nitrogens with zero attached hydrogens (tertiary/aromatic N) is 1. The lowest BCUT2D eigenvalue weighted by molar-refractivity contribution is -0.146. The standard InChI is InChI=1S/C17H33NO2/c1-6-8-11-18(5)15-12-13(17(3,4)7-2)9-10-14(15)16(19)20/h13-15H,6-12H2,1-5H3,(H,19,20). The number of rotatable bonds is 7. The van der Waals surface area contributed by atoms with E-state index in [2.05, 4.69) is 39.6 Å². The van der Waals surface area contributed by atoms with Crippen molar-refractivity contribution < 1.29 is 9.90 Å². The van der Waals surface area contributed by atoms with E-state index < -0.39 is 5.97 Å². The van der Waals surface area contributed by atoms with Gasteiger partial charge in [0.25, 0.3) is 0 Å². The molecule has 20 heavy (non-hydrogen) atoms. The van der Waals surface area contributed by atoms with E-state index in [1.54, 1.807) is 0 Å². The van der Waals surface area contributed by atoms with Crippen LogP contribution in [-0.2, 0) is 4.79 Å². The van der Waals surface area contributed by atoms with E-state index in [1.807, 2.05) is 0 Å². The van der Waals surface area contributed by atoms with Gasteiger partial charge in [0.05, 0.1) is 5.92 Å². The van der Waals surface area contributed by atoms with Gasteiger partial charge >= 0.3 is 5.97 Å². The van der Waals surface area contributed by atoms with Crippen molar-refractivity contribution in [2.45, 2.75) is 72.3 Å². The van der Waals surface area contributed by atoms with Crippen molar-refractivity contribution in [1.29, 1.82) is 0 Å². The highest BCUT2D eigenvalue weighted by Gasteiger charge is 2.41. The second-order valence-corrected chi connectivity index (χ2v) is 7.20. The van der Waals surface area contributed by atoms with Crippen LogP contribution in [0.15, 0.2) is 0 Å². The zero-order chi connectivity index (χ0) is 15.3. The number of aliphatic carboxylic acids is 1. The SMILES string of the molecule is CCCCN(C)C1CC(C(C)(C)CC)CCC1C(=O)O. The Morgan fingerprint density at radius 1 is 1.30 bits per heavy atom. The fraction of sp³-hybridized carbons (Fsp3) is 0.941. The molecule has 3 unspecified atom stereocenters. The van der Waals surface area contributed by atoms with Crippen LogP contribution in [0.2, 0.25) is 0 Å². The second-order valence-electron chi connectivity index (χ2n) is 7.20. The minimum atomic E-state index is -0.605. The summed E-state index contributed by atoms with van der Waals surface area (Å²) in [5, 5.41) is 9.50. The minimum Gasteiger partial charge on any atom is -0.481 e. The molecule has 3 atom stereocenters. The molecule has 118 valence electrons. The Kier molecular flexibility index (Phi) is 6.50. The van der Waals surface area contributed by atoms with E-state index in [0.29, 0.717) is 11.3 Å². The molecule has 0 aliphatic heterocycles. The molecule has 0 aromatic carbocycles. The lowest BCUT2D eigenvalue weighted by Gasteiger charge is -2.45. The van der Waals surface area contributed by atoms with Gasteiger partial charge in [-0.1, -0.05) is 40.5 Å². The molecule has 1 aliphatic rings. The Morgan fingerprint density at radius 3 is 2.45 bits per heavy atom. The third-order valence-electron chi connectivity index (χ3n) is 5.58. The van der Waals surface area contributed by atoms with E-state index in [4.69, 9.17) is 0 Å². The van der Waals surface area contributed by atoms with Crippen LogP contribution >= 0.6 is 0 Å². The highest BCUT2D eigenvalue weighted by Crippen LogP contribution is 2.43. The molecular formula is C17H33NO2. The Labute approximate surface area is 124 Å². The summed E-state index contributed by atoms with van der Waals surface area (Å²) in [5.41, 5.74) is 0.327. The molecule has 0 aromatic heterocycles. The van der Waals surface area contributed by atoms with E-state index in [9.17, 15) is 9.90 Å². The summed E-state index contributed by atoms with van der Waals surface area (Å²) in [7, 11) is 2.11. The summed E-state index contributed by atoms with van der Waals surface area (Å²) in [6, 6.07) is 0.212. The van der Waals surface area contributed by atoms with Crippen LogP contribution in [-0.4, -0.2) is 35.6 Å². The monoisotopic (exact) mass is 283 g/mol. The van der Waals surface area contributed by atoms with Gasteiger partial charge in [0.1, 0.15) is 0 Å². The molecule has 0 saturated heterocycles. The molecule has 0 amide bonds. The van der Waals surface area contributed by atoms with Crippen LogP contribution in [0.1, 0.15) is 66.2 Å². The highest BCUT2D eigenvalue weighted by molar-refractivity contribution is 5.71. The smallest absolute Gasteiger partial charge is 0.308 e. The maximum atomic E-state index is 11.5. The molecule has 0 radical (unpaired) electrons. The molecule has 0 heterocycles. The van der Waals surface area contributed by atoms with E-state index in [-0.39, 0.29) is 12.0 Å². The Morgan fingerprint density at radius 2 is 1.95 bits per heavy atom. The summed E-state index contributed by atoms with van der Waals surface area (Å²) < 4.78 is 0. The first kappa shape index (κ1) is 17.5. The summed E-state index contributed by atoms with van der Waals surface area (Å²) in [6.07, 6.45) is 6.43. The Bertz CT molecular complexity index is 314. The largest absolute Gasteiger partial charge is 0.481 e. The molecule has 1 rings (SSSR count). The quantitative estimate of drug-likeness (QED) is 0.767. The first-order chi connectivity index (χ1) is 9.33. The number of carbonyl (C=O) groups is 1. The summed E-state index contributed by atoms with van der Waals surface area (Å²) >= 11 is 0. The van der Waals surface area contributed by atoms with Crippen LogP contribution in [0, 0.1) is 17.3 Å². The second kappa shape index (κ2) is 7.44. The summed E-state index contributed by atoms with van der Waals surface area (Å²) in [6.45, 7) is 10.1. The molecular weight excluding hydrogens is 250 g/mol. The number of hydrogen-bond donors (Lipinski definition) is 1. The number of unbranched alkanes of at least 4 members (excludes halogenated alkanes) is 1. The van der Waals surface area contributed by atoms with Gasteiger partial charge in [0, 0.05) is 6.04 Å². The molecule has 3 heteroatoms. The van der Waals surface area contributed by atoms with Crippen molar-refractivity contribution >= 4 is 5.97 Å². The zero-order valence-electron chi connectivity index (χ0n) is 14.0. The molecule has 0 aromatic rings. The zero-order valence-corrected chi connectivity index (χ0v) is 14.0. The third-order valence-corrected chi connectivity index (χ3v) is 5.58. The van der Waals surface area contributed by atoms with Gasteiger partial charge in [0.15, 0.2) is 0 Å². The average molecular weight is 283 g/mol. The fourth-order valence-electron chi connectivity index (χ4n) is 3.49. The lowest BCUT2D eigenvalue weighted by atomic mass is 9.65. The Balaban J connectivity index is 2.79. The number of carboxylic acids is 1. The van der Waals surface area contributed by atoms with E-state index in [1.165, 1.54) is 12.8 Å². The van der Waals surface area contributed by atoms with Crippen molar-refractivity contribution in [3.8, 4) is 0 Å². The molecule has 1 fully saturated rings. The van der Waals surface area contributed by atoms with Crippen molar-refractivity contribution in [3.63, 3.8) is 0 Å². The predicted molar refractivity (Wildman–Crippen MR) is 83.9 cm³/mol. The molecule has 0 bridgehead atoms. The first-order valence-corrected chi connectivity index (χ1v) is 8.26. The van der Waals surface area contributed by atoms with Crippen LogP contribution in [0.3, 0.4) is 0 Å². The van der Waals surface area contributed by atoms with Gasteiger partial charge in [-0.05, 0) is 50.6 Å². The summed E-state index contributed by atoms with van der Waals surface area (Å²) in [4.78, 5) is 13.8. The topological polar surface area (TPSA) is 40.5 Å². The van der Waals surface area contributed by atoms with Crippen molar-refractivity contribution in [2.75, 3.05) is 13.6 Å². The van der Waals surface area contributed by atoms with E-state index in [0.717, 1.165) is 32.2 Å². The van der Waals surface area contributed by atoms with Gasteiger partial charge in [-0.25, -0.2) is 0 Å². The van der Waals surface area contributed by atoms with Gasteiger partial charge in [-0.2, -0.15) is 0 Å². The Hall–Kier alpha value is -0.570. The van der Waals surface area contributed by atoms with Crippen LogP contribution in [0.5, 0.6) is 0 Å². The average Bonchev–Trinajstić information content (AvgIpc) is 2.43. The maximum absolute atomic E-state index is 11.5. The highest BCUT2D eigenvalue weighted by atomic mass is 16.4. The van der Waals surface area contributed by atoms with Crippen molar-refractivity contribution in [2.24, 2.45) is 17.3 Å². The van der Waals surface area contributed by atoms with Gasteiger partial charge in [0.2, 0.25) is 0 Å². The normalized spacial score (nSPS) is 27.8. The lowest BCUT2D eigenvalue weighted by Crippen LogP contribution is -2.48. The minimum absolute atomic E-state index is 0.180. The van der Waals surface area contributed by atoms with Crippen LogP contribution < -0.4 is 0 Å². The third kappa shape index (κ3) is 4.21. The number of hydrogen-bond acceptors (Lipinski definition) is 2. The molecule has 1 N–H and O–H groups in total. The van der Waals surface area contributed by atoms with Gasteiger partial charge in [-0.15, -0.1) is 0 Å². The van der Waals surface area contributed by atoms with Crippen molar-refractivity contribution in [3.05, 3.63) is 0 Å². The molecule has 1 saturated carbocycles. The van der Waals surface area contributed by atoms with Gasteiger partial charge in [-0.3, -0.25) is 4.79 Å². The molecule has 0 spiro atoms. The molecule has 3 nitrogen and oxygen atoms in total. The maximum Gasteiger partial charge on any atom is 0.308 e.